The minimum Gasteiger partial charge on any atom is -0.383 e. The summed E-state index contributed by atoms with van der Waals surface area (Å²) in [6, 6.07) is 1.98. The van der Waals surface area contributed by atoms with Gasteiger partial charge in [-0.1, -0.05) is 23.2 Å². The van der Waals surface area contributed by atoms with Crippen molar-refractivity contribution < 1.29 is 4.74 Å². The van der Waals surface area contributed by atoms with Crippen LogP contribution < -0.4 is 10.2 Å². The predicted molar refractivity (Wildman–Crippen MR) is 78.2 cm³/mol. The van der Waals surface area contributed by atoms with Gasteiger partial charge in [-0.2, -0.15) is 0 Å². The molecule has 6 heteroatoms. The minimum atomic E-state index is 0.274. The smallest absolute Gasteiger partial charge is 0.150 e. The molecule has 0 aliphatic rings. The molecule has 0 aliphatic carbocycles. The van der Waals surface area contributed by atoms with Gasteiger partial charge in [0.05, 0.1) is 16.7 Å². The number of hydrogen-bond acceptors (Lipinski definition) is 4. The molecule has 1 aromatic rings. The molecule has 1 aromatic heterocycles. The summed E-state index contributed by atoms with van der Waals surface area (Å²) in [5, 5.41) is 4.01. The molecule has 0 saturated heterocycles. The lowest BCUT2D eigenvalue weighted by Gasteiger charge is -2.28. The van der Waals surface area contributed by atoms with Gasteiger partial charge < -0.3 is 15.0 Å². The standard InChI is InChI=1S/C12H19Cl2N3O/c1-8(2)17(5-6-18-4)12-10(14)7-9(13)11(15-3)16-12/h7-8H,5-6H2,1-4H3,(H,15,16). The monoisotopic (exact) mass is 291 g/mol. The number of methoxy groups -OCH3 is 1. The molecule has 0 aliphatic heterocycles. The zero-order valence-corrected chi connectivity index (χ0v) is 12.6. The third kappa shape index (κ3) is 3.64. The number of halogens is 2. The molecule has 0 aromatic carbocycles. The van der Waals surface area contributed by atoms with Gasteiger partial charge in [0, 0.05) is 26.7 Å². The molecule has 4 nitrogen and oxygen atoms in total. The highest BCUT2D eigenvalue weighted by Gasteiger charge is 2.17. The highest BCUT2D eigenvalue weighted by molar-refractivity contribution is 6.37. The number of anilines is 2. The second-order valence-corrected chi connectivity index (χ2v) is 4.97. The van der Waals surface area contributed by atoms with Crippen LogP contribution in [-0.4, -0.2) is 38.3 Å². The predicted octanol–water partition coefficient (Wildman–Crippen LogP) is 3.29. The Morgan fingerprint density at radius 3 is 2.56 bits per heavy atom. The van der Waals surface area contributed by atoms with Crippen LogP contribution in [0, 0.1) is 0 Å². The van der Waals surface area contributed by atoms with Gasteiger partial charge in [-0.05, 0) is 19.9 Å². The highest BCUT2D eigenvalue weighted by atomic mass is 35.5. The second kappa shape index (κ2) is 7.02. The van der Waals surface area contributed by atoms with Crippen molar-refractivity contribution in [2.24, 2.45) is 0 Å². The Labute approximate surface area is 118 Å². The first-order valence-corrected chi connectivity index (χ1v) is 6.56. The van der Waals surface area contributed by atoms with Crippen molar-refractivity contribution in [1.29, 1.82) is 0 Å². The summed E-state index contributed by atoms with van der Waals surface area (Å²) in [5.74, 6) is 1.34. The summed E-state index contributed by atoms with van der Waals surface area (Å²) in [7, 11) is 3.45. The quantitative estimate of drug-likeness (QED) is 0.873. The van der Waals surface area contributed by atoms with Crippen LogP contribution in [0.2, 0.25) is 10.0 Å². The van der Waals surface area contributed by atoms with E-state index in [0.717, 1.165) is 12.4 Å². The fourth-order valence-corrected chi connectivity index (χ4v) is 2.19. The summed E-state index contributed by atoms with van der Waals surface area (Å²) < 4.78 is 5.11. The molecule has 0 fully saturated rings. The summed E-state index contributed by atoms with van der Waals surface area (Å²) in [4.78, 5) is 6.55. The third-order valence-corrected chi connectivity index (χ3v) is 3.15. The minimum absolute atomic E-state index is 0.274. The summed E-state index contributed by atoms with van der Waals surface area (Å²) in [6.07, 6.45) is 0. The van der Waals surface area contributed by atoms with Gasteiger partial charge in [-0.25, -0.2) is 4.98 Å². The van der Waals surface area contributed by atoms with E-state index in [-0.39, 0.29) is 6.04 Å². The van der Waals surface area contributed by atoms with Crippen molar-refractivity contribution in [3.63, 3.8) is 0 Å². The average molecular weight is 292 g/mol. The Morgan fingerprint density at radius 1 is 1.39 bits per heavy atom. The number of pyridine rings is 1. The largest absolute Gasteiger partial charge is 0.383 e. The molecule has 1 heterocycles. The second-order valence-electron chi connectivity index (χ2n) is 4.15. The molecule has 18 heavy (non-hydrogen) atoms. The Balaban J connectivity index is 3.10. The SMILES string of the molecule is CNc1nc(N(CCOC)C(C)C)c(Cl)cc1Cl. The van der Waals surface area contributed by atoms with Crippen LogP contribution in [0.15, 0.2) is 6.07 Å². The fraction of sp³-hybridized carbons (Fsp3) is 0.583. The molecule has 0 unspecified atom stereocenters. The van der Waals surface area contributed by atoms with E-state index in [9.17, 15) is 0 Å². The number of rotatable bonds is 6. The van der Waals surface area contributed by atoms with E-state index in [4.69, 9.17) is 27.9 Å². The molecular formula is C12H19Cl2N3O. The highest BCUT2D eigenvalue weighted by Crippen LogP contribution is 2.32. The Bertz CT molecular complexity index is 399. The fourth-order valence-electron chi connectivity index (χ4n) is 1.63. The van der Waals surface area contributed by atoms with E-state index in [1.165, 1.54) is 0 Å². The van der Waals surface area contributed by atoms with Crippen LogP contribution in [0.4, 0.5) is 11.6 Å². The lowest BCUT2D eigenvalue weighted by atomic mass is 10.3. The van der Waals surface area contributed by atoms with Gasteiger partial charge in [0.25, 0.3) is 0 Å². The van der Waals surface area contributed by atoms with Gasteiger partial charge in [0.15, 0.2) is 0 Å². The van der Waals surface area contributed by atoms with E-state index in [2.05, 4.69) is 29.0 Å². The Morgan fingerprint density at radius 2 is 2.06 bits per heavy atom. The zero-order chi connectivity index (χ0) is 13.7. The van der Waals surface area contributed by atoms with Gasteiger partial charge in [-0.3, -0.25) is 0 Å². The number of nitrogens with zero attached hydrogens (tertiary/aromatic N) is 2. The maximum absolute atomic E-state index is 6.22. The van der Waals surface area contributed by atoms with Crippen molar-refractivity contribution in [2.45, 2.75) is 19.9 Å². The lowest BCUT2D eigenvalue weighted by Crippen LogP contribution is -2.34. The summed E-state index contributed by atoms with van der Waals surface area (Å²) >= 11 is 12.3. The molecule has 0 spiro atoms. The molecule has 102 valence electrons. The molecule has 0 amide bonds. The van der Waals surface area contributed by atoms with Crippen LogP contribution in [0.3, 0.4) is 0 Å². The number of ether oxygens (including phenoxy) is 1. The number of aromatic nitrogens is 1. The summed E-state index contributed by atoms with van der Waals surface area (Å²) in [5.41, 5.74) is 0. The average Bonchev–Trinajstić information content (AvgIpc) is 2.31. The number of nitrogens with one attached hydrogen (secondary N) is 1. The van der Waals surface area contributed by atoms with Crippen molar-refractivity contribution in [1.82, 2.24) is 4.98 Å². The molecule has 0 radical (unpaired) electrons. The van der Waals surface area contributed by atoms with E-state index >= 15 is 0 Å². The van der Waals surface area contributed by atoms with Crippen molar-refractivity contribution in [3.8, 4) is 0 Å². The molecule has 0 bridgehead atoms. The van der Waals surface area contributed by atoms with Gasteiger partial charge >= 0.3 is 0 Å². The Kier molecular flexibility index (Phi) is 5.99. The number of hydrogen-bond donors (Lipinski definition) is 1. The van der Waals surface area contributed by atoms with Crippen molar-refractivity contribution >= 4 is 34.8 Å². The molecule has 0 saturated carbocycles. The topological polar surface area (TPSA) is 37.4 Å². The van der Waals surface area contributed by atoms with Crippen LogP contribution in [0.5, 0.6) is 0 Å². The first-order chi connectivity index (χ1) is 8.51. The molecule has 1 rings (SSSR count). The van der Waals surface area contributed by atoms with Gasteiger partial charge in [0.1, 0.15) is 11.6 Å². The van der Waals surface area contributed by atoms with Crippen LogP contribution in [0.25, 0.3) is 0 Å². The Hall–Kier alpha value is -0.710. The molecule has 1 N–H and O–H groups in total. The van der Waals surface area contributed by atoms with Gasteiger partial charge in [0.2, 0.25) is 0 Å². The van der Waals surface area contributed by atoms with Crippen LogP contribution >= 0.6 is 23.2 Å². The first kappa shape index (κ1) is 15.3. The van der Waals surface area contributed by atoms with E-state index in [0.29, 0.717) is 22.5 Å². The third-order valence-electron chi connectivity index (χ3n) is 2.58. The maximum atomic E-state index is 6.22. The van der Waals surface area contributed by atoms with Crippen LogP contribution in [0.1, 0.15) is 13.8 Å². The van der Waals surface area contributed by atoms with Crippen molar-refractivity contribution in [3.05, 3.63) is 16.1 Å². The van der Waals surface area contributed by atoms with E-state index in [1.54, 1.807) is 20.2 Å². The van der Waals surface area contributed by atoms with E-state index in [1.807, 2.05) is 0 Å². The first-order valence-electron chi connectivity index (χ1n) is 5.80. The summed E-state index contributed by atoms with van der Waals surface area (Å²) in [6.45, 7) is 5.52. The maximum Gasteiger partial charge on any atom is 0.150 e. The van der Waals surface area contributed by atoms with Crippen LogP contribution in [-0.2, 0) is 4.74 Å². The lowest BCUT2D eigenvalue weighted by molar-refractivity contribution is 0.203. The molecular weight excluding hydrogens is 273 g/mol. The van der Waals surface area contributed by atoms with Crippen molar-refractivity contribution in [2.75, 3.05) is 37.5 Å². The van der Waals surface area contributed by atoms with E-state index < -0.39 is 0 Å². The van der Waals surface area contributed by atoms with Gasteiger partial charge in [-0.15, -0.1) is 0 Å². The zero-order valence-electron chi connectivity index (χ0n) is 11.1. The normalized spacial score (nSPS) is 10.8. The molecule has 0 atom stereocenters.